The van der Waals surface area contributed by atoms with Crippen molar-refractivity contribution in [1.29, 1.82) is 0 Å². The van der Waals surface area contributed by atoms with Crippen LogP contribution in [0.25, 0.3) is 0 Å². The highest BCUT2D eigenvalue weighted by Crippen LogP contribution is 2.22. The van der Waals surface area contributed by atoms with Crippen molar-refractivity contribution in [3.05, 3.63) is 12.2 Å². The lowest BCUT2D eigenvalue weighted by atomic mass is 9.99. The van der Waals surface area contributed by atoms with Crippen molar-refractivity contribution < 1.29 is 44.2 Å². The van der Waals surface area contributed by atoms with E-state index in [1.54, 1.807) is 0 Å². The lowest BCUT2D eigenvalue weighted by Crippen LogP contribution is -2.59. The van der Waals surface area contributed by atoms with E-state index in [1.807, 2.05) is 0 Å². The Morgan fingerprint density at radius 2 is 1.15 bits per heavy atom. The lowest BCUT2D eigenvalue weighted by molar-refractivity contribution is -0.305. The summed E-state index contributed by atoms with van der Waals surface area (Å²) in [6.07, 6.45) is 26.2. The number of carbonyl (C=O) groups excluding carboxylic acids is 1. The van der Waals surface area contributed by atoms with Crippen molar-refractivity contribution in [3.63, 3.8) is 0 Å². The normalized spacial score (nSPS) is 22.0. The van der Waals surface area contributed by atoms with E-state index in [-0.39, 0.29) is 19.2 Å². The van der Waals surface area contributed by atoms with Crippen LogP contribution in [-0.4, -0.2) is 89.6 Å². The molecule has 0 amide bonds. The Bertz CT molecular complexity index is 747. The number of carbonyl (C=O) groups is 1. The maximum atomic E-state index is 12.4. The first-order valence-electron chi connectivity index (χ1n) is 19.8. The second-order valence-electron chi connectivity index (χ2n) is 13.7. The summed E-state index contributed by atoms with van der Waals surface area (Å²) in [4.78, 5) is 12.4. The number of esters is 1. The molecule has 4 N–H and O–H groups in total. The third-order valence-electron chi connectivity index (χ3n) is 9.18. The minimum absolute atomic E-state index is 0.113. The SMILES string of the molecule is CCCCCCCCCC/C=C\CCCCCCCCCCCCOCC(COC1OC(CO)C(O)C(O)C1O)OC(=O)CCCCC. The van der Waals surface area contributed by atoms with Gasteiger partial charge < -0.3 is 39.4 Å². The Labute approximate surface area is 293 Å². The molecule has 284 valence electrons. The van der Waals surface area contributed by atoms with E-state index >= 15 is 0 Å². The van der Waals surface area contributed by atoms with Crippen molar-refractivity contribution in [1.82, 2.24) is 0 Å². The second kappa shape index (κ2) is 31.9. The van der Waals surface area contributed by atoms with E-state index in [9.17, 15) is 25.2 Å². The van der Waals surface area contributed by atoms with Gasteiger partial charge in [0.15, 0.2) is 6.29 Å². The fourth-order valence-corrected chi connectivity index (χ4v) is 6.01. The first kappa shape index (κ1) is 45.0. The van der Waals surface area contributed by atoms with E-state index in [0.29, 0.717) is 13.0 Å². The molecule has 0 aliphatic carbocycles. The number of allylic oxidation sites excluding steroid dienone is 2. The molecule has 9 heteroatoms. The van der Waals surface area contributed by atoms with Crippen molar-refractivity contribution in [2.45, 2.75) is 205 Å². The third kappa shape index (κ3) is 23.4. The highest BCUT2D eigenvalue weighted by molar-refractivity contribution is 5.69. The van der Waals surface area contributed by atoms with E-state index in [0.717, 1.165) is 32.1 Å². The van der Waals surface area contributed by atoms with Gasteiger partial charge in [0.1, 0.15) is 30.5 Å². The molecule has 0 radical (unpaired) electrons. The van der Waals surface area contributed by atoms with Gasteiger partial charge in [0.25, 0.3) is 0 Å². The summed E-state index contributed by atoms with van der Waals surface area (Å²) in [5.74, 6) is -0.337. The summed E-state index contributed by atoms with van der Waals surface area (Å²) in [7, 11) is 0. The fraction of sp³-hybridized carbons (Fsp3) is 0.923. The summed E-state index contributed by atoms with van der Waals surface area (Å²) < 4.78 is 22.4. The molecule has 0 aromatic carbocycles. The molecule has 0 spiro atoms. The summed E-state index contributed by atoms with van der Waals surface area (Å²) in [6, 6.07) is 0. The fourth-order valence-electron chi connectivity index (χ4n) is 6.01. The van der Waals surface area contributed by atoms with Crippen molar-refractivity contribution in [2.24, 2.45) is 0 Å². The van der Waals surface area contributed by atoms with Crippen molar-refractivity contribution in [3.8, 4) is 0 Å². The third-order valence-corrected chi connectivity index (χ3v) is 9.18. The van der Waals surface area contributed by atoms with Crippen LogP contribution in [0, 0.1) is 0 Å². The standard InChI is InChI=1S/C39H74O9/c1-3-5-7-8-9-10-11-12-13-14-15-16-17-18-19-20-21-22-23-24-25-27-29-45-31-33(47-35(41)28-26-6-4-2)32-46-39-38(44)37(43)36(42)34(30-40)48-39/h14-15,33-34,36-40,42-44H,3-13,16-32H2,1-2H3/b15-14-. The lowest BCUT2D eigenvalue weighted by Gasteiger charge is -2.39. The number of rotatable bonds is 33. The van der Waals surface area contributed by atoms with Gasteiger partial charge in [0.2, 0.25) is 0 Å². The Morgan fingerprint density at radius 1 is 0.646 bits per heavy atom. The molecule has 1 aliphatic heterocycles. The van der Waals surface area contributed by atoms with E-state index in [4.69, 9.17) is 18.9 Å². The van der Waals surface area contributed by atoms with Gasteiger partial charge in [-0.25, -0.2) is 0 Å². The Balaban J connectivity index is 2.08. The minimum atomic E-state index is -1.53. The molecule has 6 unspecified atom stereocenters. The van der Waals surface area contributed by atoms with E-state index in [1.165, 1.54) is 116 Å². The number of ether oxygens (including phenoxy) is 4. The quantitative estimate of drug-likeness (QED) is 0.0311. The average molecular weight is 687 g/mol. The zero-order valence-electron chi connectivity index (χ0n) is 30.7. The van der Waals surface area contributed by atoms with Gasteiger partial charge in [-0.1, -0.05) is 135 Å². The molecule has 9 nitrogen and oxygen atoms in total. The molecule has 1 saturated heterocycles. The number of hydrogen-bond donors (Lipinski definition) is 4. The molecular formula is C39H74O9. The molecule has 0 aromatic heterocycles. The molecule has 0 bridgehead atoms. The molecule has 6 atom stereocenters. The number of hydrogen-bond acceptors (Lipinski definition) is 9. The molecule has 0 saturated carbocycles. The van der Waals surface area contributed by atoms with E-state index < -0.39 is 43.4 Å². The molecule has 1 heterocycles. The zero-order chi connectivity index (χ0) is 35.1. The number of unbranched alkanes of at least 4 members (excludes halogenated alkanes) is 20. The van der Waals surface area contributed by atoms with Crippen LogP contribution >= 0.6 is 0 Å². The van der Waals surface area contributed by atoms with Crippen LogP contribution in [-0.2, 0) is 23.7 Å². The van der Waals surface area contributed by atoms with Crippen LogP contribution in [0.4, 0.5) is 0 Å². The Morgan fingerprint density at radius 3 is 1.69 bits per heavy atom. The van der Waals surface area contributed by atoms with Gasteiger partial charge >= 0.3 is 5.97 Å². The van der Waals surface area contributed by atoms with Crippen molar-refractivity contribution in [2.75, 3.05) is 26.4 Å². The van der Waals surface area contributed by atoms with Crippen LogP contribution in [0.2, 0.25) is 0 Å². The molecule has 48 heavy (non-hydrogen) atoms. The zero-order valence-corrected chi connectivity index (χ0v) is 30.7. The van der Waals surface area contributed by atoms with Crippen LogP contribution < -0.4 is 0 Å². The van der Waals surface area contributed by atoms with Gasteiger partial charge in [0, 0.05) is 13.0 Å². The minimum Gasteiger partial charge on any atom is -0.457 e. The summed E-state index contributed by atoms with van der Waals surface area (Å²) in [5, 5.41) is 39.7. The second-order valence-corrected chi connectivity index (χ2v) is 13.7. The first-order valence-corrected chi connectivity index (χ1v) is 19.8. The molecule has 1 rings (SSSR count). The summed E-state index contributed by atoms with van der Waals surface area (Å²) in [5.41, 5.74) is 0. The smallest absolute Gasteiger partial charge is 0.306 e. The van der Waals surface area contributed by atoms with Crippen LogP contribution in [0.15, 0.2) is 12.2 Å². The summed E-state index contributed by atoms with van der Waals surface area (Å²) in [6.45, 7) is 4.39. The largest absolute Gasteiger partial charge is 0.457 e. The highest BCUT2D eigenvalue weighted by atomic mass is 16.7. The topological polar surface area (TPSA) is 135 Å². The Hall–Kier alpha value is -1.07. The van der Waals surface area contributed by atoms with Crippen LogP contribution in [0.3, 0.4) is 0 Å². The van der Waals surface area contributed by atoms with Gasteiger partial charge in [-0.05, 0) is 38.5 Å². The summed E-state index contributed by atoms with van der Waals surface area (Å²) >= 11 is 0. The van der Waals surface area contributed by atoms with Crippen LogP contribution in [0.1, 0.15) is 168 Å². The van der Waals surface area contributed by atoms with Crippen molar-refractivity contribution >= 4 is 5.97 Å². The van der Waals surface area contributed by atoms with Gasteiger partial charge in [-0.15, -0.1) is 0 Å². The first-order chi connectivity index (χ1) is 23.4. The molecule has 0 aromatic rings. The monoisotopic (exact) mass is 687 g/mol. The van der Waals surface area contributed by atoms with Crippen LogP contribution in [0.5, 0.6) is 0 Å². The molecular weight excluding hydrogens is 612 g/mol. The Kier molecular flexibility index (Phi) is 29.9. The predicted octanol–water partition coefficient (Wildman–Crippen LogP) is 7.69. The predicted molar refractivity (Wildman–Crippen MR) is 192 cm³/mol. The maximum absolute atomic E-state index is 12.4. The van der Waals surface area contributed by atoms with Gasteiger partial charge in [-0.2, -0.15) is 0 Å². The van der Waals surface area contributed by atoms with Gasteiger partial charge in [-0.3, -0.25) is 4.79 Å². The molecule has 1 fully saturated rings. The highest BCUT2D eigenvalue weighted by Gasteiger charge is 2.44. The average Bonchev–Trinajstić information content (AvgIpc) is 3.08. The number of aliphatic hydroxyl groups is 4. The molecule has 1 aliphatic rings. The van der Waals surface area contributed by atoms with Gasteiger partial charge in [0.05, 0.1) is 19.8 Å². The number of aliphatic hydroxyl groups excluding tert-OH is 4. The maximum Gasteiger partial charge on any atom is 0.306 e. The van der Waals surface area contributed by atoms with E-state index in [2.05, 4.69) is 26.0 Å².